The van der Waals surface area contributed by atoms with E-state index in [0.29, 0.717) is 24.4 Å². The Kier molecular flexibility index (Phi) is 5.45. The van der Waals surface area contributed by atoms with Crippen LogP contribution >= 0.6 is 0 Å². The van der Waals surface area contributed by atoms with Crippen LogP contribution in [-0.4, -0.2) is 35.8 Å². The molecule has 23 heavy (non-hydrogen) atoms. The Hall–Kier alpha value is -2.27. The molecule has 0 aromatic carbocycles. The number of hydrogen-bond donors (Lipinski definition) is 2. The zero-order chi connectivity index (χ0) is 17.0. The standard InChI is InChI=1S/C18H22O5/c1-4-5-13(19)9-16-11(2)18(21)14(10-23-16)12-6-7-15(20)17(8-12)22-3/h5-6,8-9,14-15,19-20H,2,4,7,10H2,1,3H3/b13-5+,16-9+. The summed E-state index contributed by atoms with van der Waals surface area (Å²) in [5.41, 5.74) is 0.988. The molecule has 5 heteroatoms. The van der Waals surface area contributed by atoms with Crippen LogP contribution in [0.15, 0.2) is 59.3 Å². The van der Waals surface area contributed by atoms with E-state index in [1.807, 2.05) is 13.0 Å². The lowest BCUT2D eigenvalue weighted by molar-refractivity contribution is -0.121. The van der Waals surface area contributed by atoms with E-state index in [-0.39, 0.29) is 23.7 Å². The second-order valence-electron chi connectivity index (χ2n) is 5.46. The molecule has 2 unspecified atom stereocenters. The molecule has 2 rings (SSSR count). The third-order valence-corrected chi connectivity index (χ3v) is 3.86. The summed E-state index contributed by atoms with van der Waals surface area (Å²) in [6, 6.07) is 0. The van der Waals surface area contributed by atoms with E-state index in [1.54, 1.807) is 12.2 Å². The van der Waals surface area contributed by atoms with Crippen molar-refractivity contribution in [1.29, 1.82) is 0 Å². The van der Waals surface area contributed by atoms with E-state index in [2.05, 4.69) is 6.58 Å². The van der Waals surface area contributed by atoms with Gasteiger partial charge in [0.05, 0.1) is 18.6 Å². The fraction of sp³-hybridized carbons (Fsp3) is 0.389. The van der Waals surface area contributed by atoms with Crippen molar-refractivity contribution in [3.8, 4) is 0 Å². The van der Waals surface area contributed by atoms with E-state index >= 15 is 0 Å². The van der Waals surface area contributed by atoms with Crippen LogP contribution in [0.1, 0.15) is 19.8 Å². The van der Waals surface area contributed by atoms with Gasteiger partial charge in [-0.3, -0.25) is 4.79 Å². The second kappa shape index (κ2) is 7.33. The molecule has 1 aliphatic heterocycles. The van der Waals surface area contributed by atoms with Crippen molar-refractivity contribution in [3.63, 3.8) is 0 Å². The highest BCUT2D eigenvalue weighted by Gasteiger charge is 2.33. The smallest absolute Gasteiger partial charge is 0.176 e. The fourth-order valence-electron chi connectivity index (χ4n) is 2.57. The Bertz CT molecular complexity index is 621. The lowest BCUT2D eigenvalue weighted by Crippen LogP contribution is -2.31. The number of ether oxygens (including phenoxy) is 2. The fourth-order valence-corrected chi connectivity index (χ4v) is 2.57. The molecule has 1 heterocycles. The van der Waals surface area contributed by atoms with Gasteiger partial charge in [-0.25, -0.2) is 0 Å². The Morgan fingerprint density at radius 3 is 2.96 bits per heavy atom. The second-order valence-corrected chi connectivity index (χ2v) is 5.46. The van der Waals surface area contributed by atoms with Gasteiger partial charge >= 0.3 is 0 Å². The van der Waals surface area contributed by atoms with Crippen LogP contribution < -0.4 is 0 Å². The number of aliphatic hydroxyl groups excluding tert-OH is 2. The van der Waals surface area contributed by atoms with Crippen molar-refractivity contribution in [3.05, 3.63) is 59.3 Å². The molecule has 2 atom stereocenters. The Labute approximate surface area is 135 Å². The first-order valence-electron chi connectivity index (χ1n) is 7.58. The minimum Gasteiger partial charge on any atom is -0.508 e. The van der Waals surface area contributed by atoms with Crippen molar-refractivity contribution in [2.75, 3.05) is 13.7 Å². The number of ketones is 1. The largest absolute Gasteiger partial charge is 0.508 e. The highest BCUT2D eigenvalue weighted by atomic mass is 16.5. The van der Waals surface area contributed by atoms with Gasteiger partial charge in [0.2, 0.25) is 0 Å². The van der Waals surface area contributed by atoms with Crippen molar-refractivity contribution >= 4 is 5.78 Å². The summed E-state index contributed by atoms with van der Waals surface area (Å²) >= 11 is 0. The van der Waals surface area contributed by atoms with Gasteiger partial charge in [-0.2, -0.15) is 0 Å². The van der Waals surface area contributed by atoms with Gasteiger partial charge in [-0.15, -0.1) is 0 Å². The quantitative estimate of drug-likeness (QED) is 0.616. The van der Waals surface area contributed by atoms with E-state index < -0.39 is 12.0 Å². The van der Waals surface area contributed by atoms with Crippen molar-refractivity contribution in [1.82, 2.24) is 0 Å². The number of allylic oxidation sites excluding steroid dienone is 4. The molecule has 0 bridgehead atoms. The maximum Gasteiger partial charge on any atom is 0.176 e. The molecule has 0 aromatic rings. The Morgan fingerprint density at radius 2 is 2.30 bits per heavy atom. The highest BCUT2D eigenvalue weighted by molar-refractivity contribution is 6.03. The molecule has 0 radical (unpaired) electrons. The average Bonchev–Trinajstić information content (AvgIpc) is 2.53. The molecule has 0 spiro atoms. The van der Waals surface area contributed by atoms with Crippen LogP contribution in [0, 0.1) is 5.92 Å². The Balaban J connectivity index is 2.18. The highest BCUT2D eigenvalue weighted by Crippen LogP contribution is 2.32. The zero-order valence-electron chi connectivity index (χ0n) is 13.4. The van der Waals surface area contributed by atoms with Gasteiger partial charge in [-0.05, 0) is 30.6 Å². The molecule has 124 valence electrons. The first-order chi connectivity index (χ1) is 11.0. The van der Waals surface area contributed by atoms with Crippen molar-refractivity contribution in [2.24, 2.45) is 5.92 Å². The molecular weight excluding hydrogens is 296 g/mol. The third kappa shape index (κ3) is 3.74. The zero-order valence-corrected chi connectivity index (χ0v) is 13.4. The number of aliphatic hydroxyl groups is 2. The maximum absolute atomic E-state index is 12.6. The van der Waals surface area contributed by atoms with Gasteiger partial charge in [0.1, 0.15) is 30.0 Å². The van der Waals surface area contributed by atoms with Gasteiger partial charge in [0.25, 0.3) is 0 Å². The minimum absolute atomic E-state index is 0.0523. The Morgan fingerprint density at radius 1 is 1.57 bits per heavy atom. The van der Waals surface area contributed by atoms with Crippen LogP contribution in [0.4, 0.5) is 0 Å². The van der Waals surface area contributed by atoms with Crippen LogP contribution in [0.25, 0.3) is 0 Å². The molecule has 0 aromatic heterocycles. The molecule has 2 N–H and O–H groups in total. The van der Waals surface area contributed by atoms with E-state index in [1.165, 1.54) is 13.2 Å². The van der Waals surface area contributed by atoms with Gasteiger partial charge in [0, 0.05) is 6.08 Å². The van der Waals surface area contributed by atoms with Crippen LogP contribution in [0.2, 0.25) is 0 Å². The number of carbonyl (C=O) groups is 1. The molecule has 0 saturated carbocycles. The predicted molar refractivity (Wildman–Crippen MR) is 86.5 cm³/mol. The molecule has 1 fully saturated rings. The minimum atomic E-state index is -0.682. The van der Waals surface area contributed by atoms with Crippen LogP contribution in [0.3, 0.4) is 0 Å². The maximum atomic E-state index is 12.6. The molecule has 2 aliphatic rings. The lowest BCUT2D eigenvalue weighted by Gasteiger charge is -2.28. The summed E-state index contributed by atoms with van der Waals surface area (Å²) < 4.78 is 10.7. The molecular formula is C18H22O5. The number of carbonyl (C=O) groups excluding carboxylic acids is 1. The summed E-state index contributed by atoms with van der Waals surface area (Å²) in [4.78, 5) is 12.6. The number of rotatable bonds is 4. The molecule has 0 amide bonds. The van der Waals surface area contributed by atoms with Gasteiger partial charge in [-0.1, -0.05) is 19.6 Å². The third-order valence-electron chi connectivity index (χ3n) is 3.86. The van der Waals surface area contributed by atoms with Gasteiger partial charge in [0.15, 0.2) is 5.78 Å². The lowest BCUT2D eigenvalue weighted by atomic mass is 9.85. The predicted octanol–water partition coefficient (Wildman–Crippen LogP) is 2.72. The molecule has 1 saturated heterocycles. The monoisotopic (exact) mass is 318 g/mol. The van der Waals surface area contributed by atoms with E-state index in [9.17, 15) is 15.0 Å². The summed E-state index contributed by atoms with van der Waals surface area (Å²) in [5, 5.41) is 19.5. The SMILES string of the molecule is C=C1C(=O)C(C2=CCC(O)C(OC)=C2)CO/C1=C/C(O)=C\CC. The normalized spacial score (nSPS) is 27.4. The topological polar surface area (TPSA) is 76.0 Å². The summed E-state index contributed by atoms with van der Waals surface area (Å²) in [6.45, 7) is 5.84. The molecule has 5 nitrogen and oxygen atoms in total. The van der Waals surface area contributed by atoms with Crippen molar-refractivity contribution in [2.45, 2.75) is 25.9 Å². The number of Topliss-reactive ketones (excluding diaryl/α,β-unsaturated/α-hetero) is 1. The van der Waals surface area contributed by atoms with Crippen LogP contribution in [0.5, 0.6) is 0 Å². The van der Waals surface area contributed by atoms with Crippen LogP contribution in [-0.2, 0) is 14.3 Å². The average molecular weight is 318 g/mol. The summed E-state index contributed by atoms with van der Waals surface area (Å²) in [7, 11) is 1.49. The van der Waals surface area contributed by atoms with Gasteiger partial charge < -0.3 is 19.7 Å². The summed E-state index contributed by atoms with van der Waals surface area (Å²) in [5.74, 6) is 0.152. The van der Waals surface area contributed by atoms with Crippen molar-refractivity contribution < 1.29 is 24.5 Å². The molecule has 1 aliphatic carbocycles. The number of methoxy groups -OCH3 is 1. The van der Waals surface area contributed by atoms with E-state index in [4.69, 9.17) is 9.47 Å². The van der Waals surface area contributed by atoms with E-state index in [0.717, 1.165) is 5.57 Å². The first-order valence-corrected chi connectivity index (χ1v) is 7.58. The number of hydrogen-bond acceptors (Lipinski definition) is 5. The summed E-state index contributed by atoms with van der Waals surface area (Å²) in [6.07, 6.45) is 6.92. The first kappa shape index (κ1) is 17.1.